The van der Waals surface area contributed by atoms with E-state index in [2.05, 4.69) is 27.3 Å². The van der Waals surface area contributed by atoms with Crippen LogP contribution in [-0.2, 0) is 6.42 Å². The predicted molar refractivity (Wildman–Crippen MR) is 98.4 cm³/mol. The fraction of sp³-hybridized carbons (Fsp3) is 0.150. The Hall–Kier alpha value is -3.41. The summed E-state index contributed by atoms with van der Waals surface area (Å²) < 4.78 is 12.9. The molecule has 130 valence electrons. The molecule has 0 saturated carbocycles. The van der Waals surface area contributed by atoms with E-state index in [4.69, 9.17) is 9.47 Å². The van der Waals surface area contributed by atoms with E-state index in [1.165, 1.54) is 5.56 Å². The lowest BCUT2D eigenvalue weighted by molar-refractivity contribution is 0.311. The van der Waals surface area contributed by atoms with Gasteiger partial charge in [-0.15, -0.1) is 10.2 Å². The molecule has 2 heterocycles. The molecule has 0 spiro atoms. The van der Waals surface area contributed by atoms with Crippen molar-refractivity contribution in [3.05, 3.63) is 72.6 Å². The quantitative estimate of drug-likeness (QED) is 0.535. The van der Waals surface area contributed by atoms with Crippen LogP contribution in [-0.4, -0.2) is 33.3 Å². The SMILES string of the molecule is COc1ccc(-c2nnc3c(OCCc4ccccc4)nccn23)cc1. The Bertz CT molecular complexity index is 997. The predicted octanol–water partition coefficient (Wildman–Crippen LogP) is 3.42. The van der Waals surface area contributed by atoms with E-state index in [9.17, 15) is 0 Å². The summed E-state index contributed by atoms with van der Waals surface area (Å²) in [6, 6.07) is 17.9. The molecule has 0 amide bonds. The molecule has 6 heteroatoms. The van der Waals surface area contributed by atoms with Crippen LogP contribution in [0, 0.1) is 0 Å². The van der Waals surface area contributed by atoms with Crippen LogP contribution in [0.3, 0.4) is 0 Å². The van der Waals surface area contributed by atoms with Crippen molar-refractivity contribution in [2.45, 2.75) is 6.42 Å². The third kappa shape index (κ3) is 3.21. The lowest BCUT2D eigenvalue weighted by atomic mass is 10.2. The van der Waals surface area contributed by atoms with E-state index >= 15 is 0 Å². The van der Waals surface area contributed by atoms with E-state index in [0.717, 1.165) is 23.6 Å². The highest BCUT2D eigenvalue weighted by Crippen LogP contribution is 2.24. The third-order valence-electron chi connectivity index (χ3n) is 4.12. The van der Waals surface area contributed by atoms with Gasteiger partial charge in [0.15, 0.2) is 5.82 Å². The maximum atomic E-state index is 5.85. The van der Waals surface area contributed by atoms with Crippen LogP contribution in [0.4, 0.5) is 0 Å². The van der Waals surface area contributed by atoms with Gasteiger partial charge in [-0.3, -0.25) is 4.40 Å². The molecule has 6 nitrogen and oxygen atoms in total. The first-order valence-electron chi connectivity index (χ1n) is 8.36. The van der Waals surface area contributed by atoms with Crippen LogP contribution in [0.1, 0.15) is 5.56 Å². The molecule has 2 aromatic carbocycles. The molecular formula is C20H18N4O2. The Balaban J connectivity index is 1.56. The Morgan fingerprint density at radius 2 is 1.77 bits per heavy atom. The van der Waals surface area contributed by atoms with E-state index in [1.54, 1.807) is 13.3 Å². The highest BCUT2D eigenvalue weighted by Gasteiger charge is 2.13. The summed E-state index contributed by atoms with van der Waals surface area (Å²) in [5.41, 5.74) is 2.77. The van der Waals surface area contributed by atoms with Crippen LogP contribution in [0.2, 0.25) is 0 Å². The Kier molecular flexibility index (Phi) is 4.47. The van der Waals surface area contributed by atoms with Gasteiger partial charge in [-0.1, -0.05) is 30.3 Å². The van der Waals surface area contributed by atoms with Crippen LogP contribution in [0.5, 0.6) is 11.6 Å². The zero-order valence-corrected chi connectivity index (χ0v) is 14.4. The number of benzene rings is 2. The Morgan fingerprint density at radius 1 is 0.962 bits per heavy atom. The van der Waals surface area contributed by atoms with Crippen molar-refractivity contribution in [3.8, 4) is 23.0 Å². The van der Waals surface area contributed by atoms with Crippen LogP contribution >= 0.6 is 0 Å². The highest BCUT2D eigenvalue weighted by molar-refractivity contribution is 5.62. The molecule has 0 aliphatic carbocycles. The highest BCUT2D eigenvalue weighted by atomic mass is 16.5. The molecule has 0 N–H and O–H groups in total. The average Bonchev–Trinajstić information content (AvgIpc) is 3.14. The lowest BCUT2D eigenvalue weighted by Crippen LogP contribution is -2.04. The van der Waals surface area contributed by atoms with Crippen molar-refractivity contribution in [1.29, 1.82) is 0 Å². The smallest absolute Gasteiger partial charge is 0.260 e. The van der Waals surface area contributed by atoms with Crippen molar-refractivity contribution in [3.63, 3.8) is 0 Å². The lowest BCUT2D eigenvalue weighted by Gasteiger charge is -2.07. The maximum Gasteiger partial charge on any atom is 0.260 e. The molecule has 0 aliphatic rings. The second-order valence-corrected chi connectivity index (χ2v) is 5.76. The Labute approximate surface area is 151 Å². The molecule has 0 saturated heterocycles. The number of rotatable bonds is 6. The van der Waals surface area contributed by atoms with Crippen LogP contribution in [0.25, 0.3) is 17.0 Å². The molecule has 0 unspecified atom stereocenters. The molecule has 4 rings (SSSR count). The number of methoxy groups -OCH3 is 1. The molecule has 0 radical (unpaired) electrons. The number of aromatic nitrogens is 4. The van der Waals surface area contributed by atoms with Gasteiger partial charge < -0.3 is 9.47 Å². The van der Waals surface area contributed by atoms with Gasteiger partial charge in [0.25, 0.3) is 5.88 Å². The van der Waals surface area contributed by atoms with Gasteiger partial charge in [-0.05, 0) is 29.8 Å². The van der Waals surface area contributed by atoms with Crippen molar-refractivity contribution in [1.82, 2.24) is 19.6 Å². The number of hydrogen-bond donors (Lipinski definition) is 0. The first-order chi connectivity index (χ1) is 12.8. The topological polar surface area (TPSA) is 61.5 Å². The summed E-state index contributed by atoms with van der Waals surface area (Å²) in [7, 11) is 1.65. The standard InChI is InChI=1S/C20H18N4O2/c1-25-17-9-7-16(8-10-17)18-22-23-19-20(21-12-13-24(18)19)26-14-11-15-5-3-2-4-6-15/h2-10,12-13H,11,14H2,1H3. The zero-order valence-electron chi connectivity index (χ0n) is 14.4. The summed E-state index contributed by atoms with van der Waals surface area (Å²) in [5.74, 6) is 2.02. The van der Waals surface area contributed by atoms with Crippen molar-refractivity contribution >= 4 is 5.65 Å². The minimum absolute atomic E-state index is 0.482. The molecule has 0 bridgehead atoms. The van der Waals surface area contributed by atoms with Crippen LogP contribution < -0.4 is 9.47 Å². The minimum Gasteiger partial charge on any atom is -0.497 e. The maximum absolute atomic E-state index is 5.85. The van der Waals surface area contributed by atoms with E-state index in [1.807, 2.05) is 53.1 Å². The van der Waals surface area contributed by atoms with E-state index < -0.39 is 0 Å². The summed E-state index contributed by atoms with van der Waals surface area (Å²) in [5, 5.41) is 8.56. The molecular weight excluding hydrogens is 328 g/mol. The molecule has 0 aliphatic heterocycles. The van der Waals surface area contributed by atoms with Gasteiger partial charge in [-0.2, -0.15) is 0 Å². The number of hydrogen-bond acceptors (Lipinski definition) is 5. The third-order valence-corrected chi connectivity index (χ3v) is 4.12. The number of nitrogens with zero attached hydrogens (tertiary/aromatic N) is 4. The molecule has 0 fully saturated rings. The first-order valence-corrected chi connectivity index (χ1v) is 8.36. The fourth-order valence-corrected chi connectivity index (χ4v) is 2.75. The molecule has 2 aromatic heterocycles. The van der Waals surface area contributed by atoms with Gasteiger partial charge in [-0.25, -0.2) is 4.98 Å². The second-order valence-electron chi connectivity index (χ2n) is 5.76. The fourth-order valence-electron chi connectivity index (χ4n) is 2.75. The molecule has 0 atom stereocenters. The summed E-state index contributed by atoms with van der Waals surface area (Å²) in [4.78, 5) is 4.31. The van der Waals surface area contributed by atoms with E-state index in [0.29, 0.717) is 18.1 Å². The number of fused-ring (bicyclic) bond motifs is 1. The van der Waals surface area contributed by atoms with Crippen molar-refractivity contribution < 1.29 is 9.47 Å². The average molecular weight is 346 g/mol. The summed E-state index contributed by atoms with van der Waals surface area (Å²) >= 11 is 0. The van der Waals surface area contributed by atoms with Gasteiger partial charge in [0, 0.05) is 24.4 Å². The van der Waals surface area contributed by atoms with Gasteiger partial charge in [0.1, 0.15) is 5.75 Å². The Morgan fingerprint density at radius 3 is 2.54 bits per heavy atom. The van der Waals surface area contributed by atoms with Crippen molar-refractivity contribution in [2.24, 2.45) is 0 Å². The van der Waals surface area contributed by atoms with Crippen molar-refractivity contribution in [2.75, 3.05) is 13.7 Å². The summed E-state index contributed by atoms with van der Waals surface area (Å²) in [6.45, 7) is 0.529. The normalized spacial score (nSPS) is 10.8. The van der Waals surface area contributed by atoms with Gasteiger partial charge in [0.05, 0.1) is 13.7 Å². The zero-order chi connectivity index (χ0) is 17.8. The first kappa shape index (κ1) is 16.1. The van der Waals surface area contributed by atoms with Crippen LogP contribution in [0.15, 0.2) is 67.0 Å². The van der Waals surface area contributed by atoms with E-state index in [-0.39, 0.29) is 0 Å². The largest absolute Gasteiger partial charge is 0.497 e. The molecule has 4 aromatic rings. The van der Waals surface area contributed by atoms with Gasteiger partial charge >= 0.3 is 0 Å². The number of ether oxygens (including phenoxy) is 2. The summed E-state index contributed by atoms with van der Waals surface area (Å²) in [6.07, 6.45) is 4.34. The monoisotopic (exact) mass is 346 g/mol. The minimum atomic E-state index is 0.482. The van der Waals surface area contributed by atoms with Gasteiger partial charge in [0.2, 0.25) is 5.65 Å². The molecule has 26 heavy (non-hydrogen) atoms. The second kappa shape index (κ2) is 7.23.